The molecule has 0 saturated carbocycles. The van der Waals surface area contributed by atoms with Crippen LogP contribution in [0.3, 0.4) is 0 Å². The molecule has 0 radical (unpaired) electrons. The van der Waals surface area contributed by atoms with Gasteiger partial charge >= 0.3 is 0 Å². The standard InChI is InChI=1S/C10H22OSi/c1-7-8-9-11-12(5,6)10(2,3)4/h7H,1,8-9H2,2-6H3. The van der Waals surface area contributed by atoms with Crippen LogP contribution >= 0.6 is 0 Å². The molecule has 0 atom stereocenters. The molecule has 1 nitrogen and oxygen atoms in total. The lowest BCUT2D eigenvalue weighted by molar-refractivity contribution is 0.294. The monoisotopic (exact) mass is 186 g/mol. The zero-order valence-corrected chi connectivity index (χ0v) is 10.1. The quantitative estimate of drug-likeness (QED) is 0.370. The van der Waals surface area contributed by atoms with Gasteiger partial charge in [-0.3, -0.25) is 0 Å². The van der Waals surface area contributed by atoms with Gasteiger partial charge < -0.3 is 4.43 Å². The first-order chi connectivity index (χ1) is 5.31. The van der Waals surface area contributed by atoms with Crippen LogP contribution in [-0.2, 0) is 4.43 Å². The fourth-order valence-corrected chi connectivity index (χ4v) is 1.68. The van der Waals surface area contributed by atoms with Crippen LogP contribution < -0.4 is 0 Å². The maximum Gasteiger partial charge on any atom is 0.191 e. The topological polar surface area (TPSA) is 9.23 Å². The minimum absolute atomic E-state index is 0.328. The Kier molecular flexibility index (Phi) is 4.21. The molecule has 0 unspecified atom stereocenters. The van der Waals surface area contributed by atoms with Gasteiger partial charge in [0.05, 0.1) is 0 Å². The van der Waals surface area contributed by atoms with Crippen molar-refractivity contribution >= 4 is 8.32 Å². The van der Waals surface area contributed by atoms with Crippen LogP contribution in [-0.4, -0.2) is 14.9 Å². The van der Waals surface area contributed by atoms with Crippen LogP contribution in [0.4, 0.5) is 0 Å². The van der Waals surface area contributed by atoms with Gasteiger partial charge in [-0.05, 0) is 24.6 Å². The van der Waals surface area contributed by atoms with Gasteiger partial charge in [0.25, 0.3) is 0 Å². The van der Waals surface area contributed by atoms with Crippen molar-refractivity contribution in [3.05, 3.63) is 12.7 Å². The molecule has 0 saturated heterocycles. The lowest BCUT2D eigenvalue weighted by atomic mass is 10.2. The van der Waals surface area contributed by atoms with E-state index in [9.17, 15) is 0 Å². The Bertz CT molecular complexity index is 144. The summed E-state index contributed by atoms with van der Waals surface area (Å²) in [5.74, 6) is 0. The van der Waals surface area contributed by atoms with Crippen LogP contribution in [0.25, 0.3) is 0 Å². The average molecular weight is 186 g/mol. The highest BCUT2D eigenvalue weighted by Gasteiger charge is 2.36. The fraction of sp³-hybridized carbons (Fsp3) is 0.800. The summed E-state index contributed by atoms with van der Waals surface area (Å²) in [6.45, 7) is 15.8. The van der Waals surface area contributed by atoms with Crippen molar-refractivity contribution in [2.45, 2.75) is 45.3 Å². The average Bonchev–Trinajstić information content (AvgIpc) is 1.85. The maximum absolute atomic E-state index is 5.90. The van der Waals surface area contributed by atoms with Gasteiger partial charge in [0.15, 0.2) is 8.32 Å². The zero-order valence-electron chi connectivity index (χ0n) is 9.11. The molecule has 0 amide bonds. The molecule has 72 valence electrons. The second-order valence-electron chi connectivity index (χ2n) is 4.69. The van der Waals surface area contributed by atoms with Crippen molar-refractivity contribution in [3.8, 4) is 0 Å². The second kappa shape index (κ2) is 4.24. The number of rotatable bonds is 4. The highest BCUT2D eigenvalue weighted by Crippen LogP contribution is 2.36. The van der Waals surface area contributed by atoms with Gasteiger partial charge in [-0.15, -0.1) is 6.58 Å². The minimum atomic E-state index is -1.49. The van der Waals surface area contributed by atoms with Crippen LogP contribution in [0.2, 0.25) is 18.1 Å². The minimum Gasteiger partial charge on any atom is -0.417 e. The summed E-state index contributed by atoms with van der Waals surface area (Å²) in [6.07, 6.45) is 2.87. The van der Waals surface area contributed by atoms with E-state index in [1.54, 1.807) is 0 Å². The molecule has 0 aliphatic carbocycles. The smallest absolute Gasteiger partial charge is 0.191 e. The van der Waals surface area contributed by atoms with Crippen molar-refractivity contribution < 1.29 is 4.43 Å². The predicted molar refractivity (Wildman–Crippen MR) is 58.0 cm³/mol. The third-order valence-corrected chi connectivity index (χ3v) is 7.13. The Morgan fingerprint density at radius 3 is 2.17 bits per heavy atom. The zero-order chi connectivity index (χ0) is 9.83. The van der Waals surface area contributed by atoms with Crippen molar-refractivity contribution in [3.63, 3.8) is 0 Å². The summed E-state index contributed by atoms with van der Waals surface area (Å²) in [6, 6.07) is 0. The third-order valence-electron chi connectivity index (χ3n) is 2.59. The Morgan fingerprint density at radius 2 is 1.83 bits per heavy atom. The maximum atomic E-state index is 5.90. The lowest BCUT2D eigenvalue weighted by Gasteiger charge is -2.36. The van der Waals surface area contributed by atoms with Crippen LogP contribution in [0.1, 0.15) is 27.2 Å². The largest absolute Gasteiger partial charge is 0.417 e. The summed E-state index contributed by atoms with van der Waals surface area (Å²) in [4.78, 5) is 0. The Balaban J connectivity index is 3.95. The van der Waals surface area contributed by atoms with Gasteiger partial charge in [0.1, 0.15) is 0 Å². The molecule has 0 aliphatic rings. The molecule has 0 bridgehead atoms. The molecule has 0 aliphatic heterocycles. The Labute approximate surface area is 78.0 Å². The molecular weight excluding hydrogens is 164 g/mol. The van der Waals surface area contributed by atoms with E-state index in [0.29, 0.717) is 5.04 Å². The van der Waals surface area contributed by atoms with Crippen molar-refractivity contribution in [1.29, 1.82) is 0 Å². The van der Waals surface area contributed by atoms with Crippen molar-refractivity contribution in [2.75, 3.05) is 6.61 Å². The summed E-state index contributed by atoms with van der Waals surface area (Å²) in [5, 5.41) is 0.328. The van der Waals surface area contributed by atoms with Crippen LogP contribution in [0.5, 0.6) is 0 Å². The first-order valence-electron chi connectivity index (χ1n) is 4.56. The number of hydrogen-bond acceptors (Lipinski definition) is 1. The van der Waals surface area contributed by atoms with Crippen LogP contribution in [0.15, 0.2) is 12.7 Å². The van der Waals surface area contributed by atoms with Crippen molar-refractivity contribution in [1.82, 2.24) is 0 Å². The molecule has 0 heterocycles. The molecule has 0 aromatic rings. The SMILES string of the molecule is C=CCCO[Si](C)(C)C(C)(C)C. The van der Waals surface area contributed by atoms with Gasteiger partial charge in [0, 0.05) is 6.61 Å². The summed E-state index contributed by atoms with van der Waals surface area (Å²) in [7, 11) is -1.49. The molecule has 2 heteroatoms. The highest BCUT2D eigenvalue weighted by molar-refractivity contribution is 6.74. The number of hydrogen-bond donors (Lipinski definition) is 0. The summed E-state index contributed by atoms with van der Waals surface area (Å²) >= 11 is 0. The molecule has 0 aromatic carbocycles. The van der Waals surface area contributed by atoms with Crippen LogP contribution in [0, 0.1) is 0 Å². The molecule has 0 N–H and O–H groups in total. The molecule has 0 rings (SSSR count). The normalized spacial score (nSPS) is 13.1. The first kappa shape index (κ1) is 11.9. The Morgan fingerprint density at radius 1 is 1.33 bits per heavy atom. The van der Waals surface area contributed by atoms with Crippen molar-refractivity contribution in [2.24, 2.45) is 0 Å². The van der Waals surface area contributed by atoms with Gasteiger partial charge in [-0.1, -0.05) is 26.8 Å². The van der Waals surface area contributed by atoms with E-state index in [2.05, 4.69) is 40.4 Å². The van der Waals surface area contributed by atoms with E-state index in [0.717, 1.165) is 13.0 Å². The Hall–Kier alpha value is -0.0831. The van der Waals surface area contributed by atoms with E-state index in [-0.39, 0.29) is 0 Å². The molecule has 0 spiro atoms. The van der Waals surface area contributed by atoms with E-state index in [1.165, 1.54) is 0 Å². The molecule has 12 heavy (non-hydrogen) atoms. The van der Waals surface area contributed by atoms with E-state index < -0.39 is 8.32 Å². The predicted octanol–water partition coefficient (Wildman–Crippen LogP) is 3.58. The summed E-state index contributed by atoms with van der Waals surface area (Å²) < 4.78 is 5.90. The second-order valence-corrected chi connectivity index (χ2v) is 9.50. The molecule has 0 aromatic heterocycles. The van der Waals surface area contributed by atoms with E-state index in [1.807, 2.05) is 6.08 Å². The fourth-order valence-electron chi connectivity index (χ4n) is 0.614. The van der Waals surface area contributed by atoms with Gasteiger partial charge in [0.2, 0.25) is 0 Å². The molecular formula is C10H22OSi. The summed E-state index contributed by atoms with van der Waals surface area (Å²) in [5.41, 5.74) is 0. The van der Waals surface area contributed by atoms with E-state index in [4.69, 9.17) is 4.43 Å². The molecule has 0 fully saturated rings. The lowest BCUT2D eigenvalue weighted by Crippen LogP contribution is -2.40. The van der Waals surface area contributed by atoms with E-state index >= 15 is 0 Å². The first-order valence-corrected chi connectivity index (χ1v) is 7.47. The third kappa shape index (κ3) is 3.54. The van der Waals surface area contributed by atoms with Gasteiger partial charge in [-0.2, -0.15) is 0 Å². The highest BCUT2D eigenvalue weighted by atomic mass is 28.4. The van der Waals surface area contributed by atoms with Gasteiger partial charge in [-0.25, -0.2) is 0 Å².